The Bertz CT molecular complexity index is 549. The van der Waals surface area contributed by atoms with Crippen LogP contribution in [0.3, 0.4) is 0 Å². The lowest BCUT2D eigenvalue weighted by atomic mass is 10.0. The normalized spacial score (nSPS) is 24.2. The van der Waals surface area contributed by atoms with E-state index in [0.29, 0.717) is 32.5 Å². The van der Waals surface area contributed by atoms with Crippen LogP contribution in [0, 0.1) is 0 Å². The smallest absolute Gasteiger partial charge is 0.315 e. The van der Waals surface area contributed by atoms with Crippen molar-refractivity contribution in [2.24, 2.45) is 0 Å². The predicted octanol–water partition coefficient (Wildman–Crippen LogP) is 3.12. The Balaban J connectivity index is 1.44. The van der Waals surface area contributed by atoms with Gasteiger partial charge in [0, 0.05) is 13.2 Å². The third-order valence-corrected chi connectivity index (χ3v) is 4.87. The van der Waals surface area contributed by atoms with Crippen LogP contribution in [-0.4, -0.2) is 30.9 Å². The van der Waals surface area contributed by atoms with Crippen molar-refractivity contribution in [3.63, 3.8) is 0 Å². The van der Waals surface area contributed by atoms with Crippen LogP contribution in [0.1, 0.15) is 50.2 Å². The van der Waals surface area contributed by atoms with E-state index < -0.39 is 0 Å². The van der Waals surface area contributed by atoms with E-state index in [1.807, 2.05) is 19.1 Å². The second kappa shape index (κ2) is 7.99. The average molecular weight is 332 g/mol. The van der Waals surface area contributed by atoms with Crippen molar-refractivity contribution < 1.29 is 14.3 Å². The summed E-state index contributed by atoms with van der Waals surface area (Å²) in [6.07, 6.45) is 6.22. The van der Waals surface area contributed by atoms with E-state index in [1.54, 1.807) is 0 Å². The van der Waals surface area contributed by atoms with Crippen molar-refractivity contribution >= 4 is 6.03 Å². The number of rotatable bonds is 6. The van der Waals surface area contributed by atoms with Gasteiger partial charge in [-0.25, -0.2) is 4.79 Å². The number of hydrogen-bond donors (Lipinski definition) is 2. The van der Waals surface area contributed by atoms with E-state index in [0.717, 1.165) is 17.5 Å². The van der Waals surface area contributed by atoms with Crippen LogP contribution in [0.15, 0.2) is 24.3 Å². The maximum Gasteiger partial charge on any atom is 0.315 e. The lowest BCUT2D eigenvalue weighted by Crippen LogP contribution is -2.50. The van der Waals surface area contributed by atoms with Gasteiger partial charge in [-0.05, 0) is 37.3 Å². The van der Waals surface area contributed by atoms with Gasteiger partial charge in [0.2, 0.25) is 0 Å². The van der Waals surface area contributed by atoms with Gasteiger partial charge in [-0.2, -0.15) is 0 Å². The van der Waals surface area contributed by atoms with Crippen LogP contribution in [0.25, 0.3) is 0 Å². The first kappa shape index (κ1) is 17.2. The minimum Gasteiger partial charge on any atom is -0.379 e. The highest BCUT2D eigenvalue weighted by atomic mass is 16.5. The van der Waals surface area contributed by atoms with Crippen molar-refractivity contribution in [3.8, 4) is 0 Å². The molecule has 0 spiro atoms. The number of carbonyl (C=O) groups is 1. The fourth-order valence-corrected chi connectivity index (χ4v) is 3.36. The lowest BCUT2D eigenvalue weighted by molar-refractivity contribution is 0.0456. The Kier molecular flexibility index (Phi) is 5.74. The number of benzene rings is 1. The molecule has 1 aliphatic heterocycles. The monoisotopic (exact) mass is 332 g/mol. The van der Waals surface area contributed by atoms with Crippen LogP contribution < -0.4 is 10.6 Å². The van der Waals surface area contributed by atoms with Gasteiger partial charge in [0.15, 0.2) is 0 Å². The third-order valence-electron chi connectivity index (χ3n) is 4.87. The molecular weight excluding hydrogens is 304 g/mol. The highest BCUT2D eigenvalue weighted by Gasteiger charge is 2.31. The van der Waals surface area contributed by atoms with Gasteiger partial charge in [0.05, 0.1) is 24.9 Å². The molecule has 1 unspecified atom stereocenters. The number of amides is 2. The van der Waals surface area contributed by atoms with Gasteiger partial charge < -0.3 is 20.1 Å². The van der Waals surface area contributed by atoms with Gasteiger partial charge in [-0.1, -0.05) is 37.1 Å². The summed E-state index contributed by atoms with van der Waals surface area (Å²) >= 11 is 0. The molecule has 0 aromatic heterocycles. The van der Waals surface area contributed by atoms with Crippen molar-refractivity contribution in [2.45, 2.75) is 63.8 Å². The lowest BCUT2D eigenvalue weighted by Gasteiger charge is -2.23. The minimum atomic E-state index is -0.249. The summed E-state index contributed by atoms with van der Waals surface area (Å²) in [7, 11) is 0. The molecule has 3 rings (SSSR count). The molecule has 1 saturated heterocycles. The minimum absolute atomic E-state index is 0.143. The summed E-state index contributed by atoms with van der Waals surface area (Å²) in [6.45, 7) is 4.47. The SMILES string of the molecule is CC1(NC(=O)NCc2cccc(COC3CCCC3)c2)CCOC1. The van der Waals surface area contributed by atoms with E-state index in [1.165, 1.54) is 25.7 Å². The standard InChI is InChI=1S/C19H28N2O3/c1-19(9-10-23-14-19)21-18(22)20-12-15-5-4-6-16(11-15)13-24-17-7-2-3-8-17/h4-6,11,17H,2-3,7-10,12-14H2,1H3,(H2,20,21,22). The van der Waals surface area contributed by atoms with Gasteiger partial charge in [-0.15, -0.1) is 0 Å². The summed E-state index contributed by atoms with van der Waals surface area (Å²) < 4.78 is 11.3. The molecule has 1 aliphatic carbocycles. The molecule has 1 atom stereocenters. The van der Waals surface area contributed by atoms with E-state index >= 15 is 0 Å². The second-order valence-corrected chi connectivity index (χ2v) is 7.21. The van der Waals surface area contributed by atoms with E-state index in [2.05, 4.69) is 22.8 Å². The number of nitrogens with one attached hydrogen (secondary N) is 2. The van der Waals surface area contributed by atoms with E-state index in [4.69, 9.17) is 9.47 Å². The van der Waals surface area contributed by atoms with Crippen LogP contribution in [0.2, 0.25) is 0 Å². The molecule has 132 valence electrons. The van der Waals surface area contributed by atoms with Crippen molar-refractivity contribution in [2.75, 3.05) is 13.2 Å². The molecule has 5 nitrogen and oxygen atoms in total. The molecular formula is C19H28N2O3. The largest absolute Gasteiger partial charge is 0.379 e. The van der Waals surface area contributed by atoms with Crippen LogP contribution >= 0.6 is 0 Å². The van der Waals surface area contributed by atoms with Crippen molar-refractivity contribution in [3.05, 3.63) is 35.4 Å². The summed E-state index contributed by atoms with van der Waals surface area (Å²) in [4.78, 5) is 12.1. The van der Waals surface area contributed by atoms with Crippen LogP contribution in [0.4, 0.5) is 4.79 Å². The first-order valence-corrected chi connectivity index (χ1v) is 8.96. The Morgan fingerprint density at radius 1 is 1.33 bits per heavy atom. The molecule has 1 aromatic rings. The highest BCUT2D eigenvalue weighted by Crippen LogP contribution is 2.22. The van der Waals surface area contributed by atoms with Gasteiger partial charge >= 0.3 is 6.03 Å². The van der Waals surface area contributed by atoms with Gasteiger partial charge in [0.25, 0.3) is 0 Å². The maximum absolute atomic E-state index is 12.1. The zero-order chi connectivity index (χ0) is 16.8. The molecule has 1 aromatic carbocycles. The summed E-state index contributed by atoms with van der Waals surface area (Å²) in [5.74, 6) is 0. The first-order valence-electron chi connectivity index (χ1n) is 8.96. The topological polar surface area (TPSA) is 59.6 Å². The van der Waals surface area contributed by atoms with Gasteiger partial charge in [0.1, 0.15) is 0 Å². The third kappa shape index (κ3) is 4.95. The zero-order valence-corrected chi connectivity index (χ0v) is 14.5. The predicted molar refractivity (Wildman–Crippen MR) is 92.7 cm³/mol. The first-order chi connectivity index (χ1) is 11.6. The number of carbonyl (C=O) groups excluding carboxylic acids is 1. The Labute approximate surface area is 144 Å². The Hall–Kier alpha value is -1.59. The summed E-state index contributed by atoms with van der Waals surface area (Å²) in [5, 5.41) is 5.93. The molecule has 2 amide bonds. The highest BCUT2D eigenvalue weighted by molar-refractivity contribution is 5.74. The molecule has 0 bridgehead atoms. The Morgan fingerprint density at radius 3 is 2.88 bits per heavy atom. The molecule has 24 heavy (non-hydrogen) atoms. The summed E-state index contributed by atoms with van der Waals surface area (Å²) in [6, 6.07) is 8.09. The fourth-order valence-electron chi connectivity index (χ4n) is 3.36. The maximum atomic E-state index is 12.1. The van der Waals surface area contributed by atoms with Crippen molar-refractivity contribution in [1.29, 1.82) is 0 Å². The average Bonchev–Trinajstić information content (AvgIpc) is 3.23. The zero-order valence-electron chi connectivity index (χ0n) is 14.5. The molecule has 2 fully saturated rings. The number of urea groups is 1. The van der Waals surface area contributed by atoms with Gasteiger partial charge in [-0.3, -0.25) is 0 Å². The van der Waals surface area contributed by atoms with E-state index in [-0.39, 0.29) is 11.6 Å². The molecule has 1 saturated carbocycles. The molecule has 2 aliphatic rings. The fraction of sp³-hybridized carbons (Fsp3) is 0.632. The van der Waals surface area contributed by atoms with E-state index in [9.17, 15) is 4.79 Å². The molecule has 1 heterocycles. The number of hydrogen-bond acceptors (Lipinski definition) is 3. The van der Waals surface area contributed by atoms with Crippen LogP contribution in [-0.2, 0) is 22.6 Å². The molecule has 2 N–H and O–H groups in total. The van der Waals surface area contributed by atoms with Crippen molar-refractivity contribution in [1.82, 2.24) is 10.6 Å². The van der Waals surface area contributed by atoms with Crippen LogP contribution in [0.5, 0.6) is 0 Å². The quantitative estimate of drug-likeness (QED) is 0.841. The number of ether oxygens (including phenoxy) is 2. The Morgan fingerprint density at radius 2 is 2.12 bits per heavy atom. The molecule has 5 heteroatoms. The second-order valence-electron chi connectivity index (χ2n) is 7.21. The molecule has 0 radical (unpaired) electrons. The summed E-state index contributed by atoms with van der Waals surface area (Å²) in [5.41, 5.74) is 2.00.